The minimum absolute atomic E-state index is 0.108. The van der Waals surface area contributed by atoms with Crippen LogP contribution < -0.4 is 10.1 Å². The lowest BCUT2D eigenvalue weighted by molar-refractivity contribution is 0.229. The number of ether oxygens (including phenoxy) is 1. The standard InChI is InChI=1S/C17H28N2O/c1-13-6-7-15(17(2,3)4)16(20-5)14(13)12-19-10-8-18-9-11-19/h6-7,18H,8-12H2,1-5H3. The molecule has 0 atom stereocenters. The summed E-state index contributed by atoms with van der Waals surface area (Å²) in [7, 11) is 1.80. The Morgan fingerprint density at radius 3 is 2.40 bits per heavy atom. The van der Waals surface area contributed by atoms with E-state index in [0.29, 0.717) is 0 Å². The number of benzene rings is 1. The zero-order chi connectivity index (χ0) is 14.8. The van der Waals surface area contributed by atoms with E-state index in [0.717, 1.165) is 38.5 Å². The van der Waals surface area contributed by atoms with Crippen molar-refractivity contribution < 1.29 is 4.74 Å². The molecule has 0 unspecified atom stereocenters. The molecule has 20 heavy (non-hydrogen) atoms. The first-order valence-electron chi connectivity index (χ1n) is 7.53. The van der Waals surface area contributed by atoms with Crippen LogP contribution in [-0.4, -0.2) is 38.2 Å². The summed E-state index contributed by atoms with van der Waals surface area (Å²) in [6, 6.07) is 4.45. The first-order valence-corrected chi connectivity index (χ1v) is 7.53. The maximum Gasteiger partial charge on any atom is 0.127 e. The molecule has 0 aromatic heterocycles. The van der Waals surface area contributed by atoms with Gasteiger partial charge in [0.2, 0.25) is 0 Å². The van der Waals surface area contributed by atoms with Crippen LogP contribution in [0.1, 0.15) is 37.5 Å². The van der Waals surface area contributed by atoms with Crippen molar-refractivity contribution in [1.29, 1.82) is 0 Å². The number of piperazine rings is 1. The van der Waals surface area contributed by atoms with E-state index < -0.39 is 0 Å². The van der Waals surface area contributed by atoms with Gasteiger partial charge in [0.1, 0.15) is 5.75 Å². The summed E-state index contributed by atoms with van der Waals surface area (Å²) < 4.78 is 5.78. The molecule has 1 saturated heterocycles. The second kappa shape index (κ2) is 6.15. The van der Waals surface area contributed by atoms with Gasteiger partial charge in [0, 0.05) is 38.3 Å². The third-order valence-electron chi connectivity index (χ3n) is 4.10. The van der Waals surface area contributed by atoms with Crippen LogP contribution in [0.15, 0.2) is 12.1 Å². The molecule has 0 spiro atoms. The summed E-state index contributed by atoms with van der Waals surface area (Å²) >= 11 is 0. The summed E-state index contributed by atoms with van der Waals surface area (Å²) in [6.07, 6.45) is 0. The Morgan fingerprint density at radius 2 is 1.85 bits per heavy atom. The summed E-state index contributed by atoms with van der Waals surface area (Å²) in [5, 5.41) is 3.41. The van der Waals surface area contributed by atoms with E-state index in [2.05, 4.69) is 50.0 Å². The van der Waals surface area contributed by atoms with Crippen LogP contribution in [0.25, 0.3) is 0 Å². The molecule has 0 radical (unpaired) electrons. The fourth-order valence-electron chi connectivity index (χ4n) is 2.84. The van der Waals surface area contributed by atoms with Crippen molar-refractivity contribution in [3.8, 4) is 5.75 Å². The molecule has 0 aliphatic carbocycles. The van der Waals surface area contributed by atoms with Gasteiger partial charge in [-0.2, -0.15) is 0 Å². The first-order chi connectivity index (χ1) is 9.43. The van der Waals surface area contributed by atoms with E-state index in [-0.39, 0.29) is 5.41 Å². The number of nitrogens with one attached hydrogen (secondary N) is 1. The van der Waals surface area contributed by atoms with Crippen LogP contribution >= 0.6 is 0 Å². The van der Waals surface area contributed by atoms with Gasteiger partial charge in [-0.25, -0.2) is 0 Å². The van der Waals surface area contributed by atoms with Crippen LogP contribution in [0.3, 0.4) is 0 Å². The maximum atomic E-state index is 5.78. The van der Waals surface area contributed by atoms with Crippen molar-refractivity contribution in [2.24, 2.45) is 0 Å². The largest absolute Gasteiger partial charge is 0.496 e. The van der Waals surface area contributed by atoms with Gasteiger partial charge in [-0.3, -0.25) is 4.90 Å². The summed E-state index contributed by atoms with van der Waals surface area (Å²) in [5.74, 6) is 1.08. The van der Waals surface area contributed by atoms with Crippen molar-refractivity contribution >= 4 is 0 Å². The lowest BCUT2D eigenvalue weighted by atomic mass is 9.84. The van der Waals surface area contributed by atoms with Gasteiger partial charge in [0.15, 0.2) is 0 Å². The van der Waals surface area contributed by atoms with Crippen LogP contribution in [0, 0.1) is 6.92 Å². The molecule has 0 saturated carbocycles. The highest BCUT2D eigenvalue weighted by Crippen LogP contribution is 2.36. The molecule has 1 aromatic carbocycles. The molecule has 0 amide bonds. The fourth-order valence-corrected chi connectivity index (χ4v) is 2.84. The molecule has 112 valence electrons. The predicted octanol–water partition coefficient (Wildman–Crippen LogP) is 2.71. The van der Waals surface area contributed by atoms with Crippen molar-refractivity contribution in [2.45, 2.75) is 39.7 Å². The quantitative estimate of drug-likeness (QED) is 0.918. The van der Waals surface area contributed by atoms with E-state index in [9.17, 15) is 0 Å². The highest BCUT2D eigenvalue weighted by Gasteiger charge is 2.23. The van der Waals surface area contributed by atoms with Crippen LogP contribution in [0.2, 0.25) is 0 Å². The second-order valence-electron chi connectivity index (χ2n) is 6.72. The van der Waals surface area contributed by atoms with Crippen LogP contribution in [-0.2, 0) is 12.0 Å². The molecule has 1 aliphatic heterocycles. The zero-order valence-corrected chi connectivity index (χ0v) is 13.5. The van der Waals surface area contributed by atoms with Crippen molar-refractivity contribution in [3.63, 3.8) is 0 Å². The number of aryl methyl sites for hydroxylation is 1. The van der Waals surface area contributed by atoms with E-state index >= 15 is 0 Å². The number of hydrogen-bond acceptors (Lipinski definition) is 3. The smallest absolute Gasteiger partial charge is 0.127 e. The Bertz CT molecular complexity index is 457. The lowest BCUT2D eigenvalue weighted by Crippen LogP contribution is -2.43. The Balaban J connectivity index is 2.34. The van der Waals surface area contributed by atoms with Gasteiger partial charge < -0.3 is 10.1 Å². The number of rotatable bonds is 3. The number of hydrogen-bond donors (Lipinski definition) is 1. The van der Waals surface area contributed by atoms with E-state index in [1.807, 2.05) is 0 Å². The van der Waals surface area contributed by atoms with E-state index in [4.69, 9.17) is 4.74 Å². The first kappa shape index (κ1) is 15.3. The predicted molar refractivity (Wildman–Crippen MR) is 84.6 cm³/mol. The molecule has 3 heteroatoms. The molecular formula is C17H28N2O. The van der Waals surface area contributed by atoms with Gasteiger partial charge in [-0.05, 0) is 23.5 Å². The molecule has 1 aromatic rings. The lowest BCUT2D eigenvalue weighted by Gasteiger charge is -2.30. The monoisotopic (exact) mass is 276 g/mol. The van der Waals surface area contributed by atoms with Gasteiger partial charge in [-0.1, -0.05) is 32.9 Å². The SMILES string of the molecule is COc1c(C(C)(C)C)ccc(C)c1CN1CCNCC1. The van der Waals surface area contributed by atoms with Gasteiger partial charge in [0.25, 0.3) is 0 Å². The normalized spacial score (nSPS) is 17.2. The molecular weight excluding hydrogens is 248 g/mol. The van der Waals surface area contributed by atoms with Crippen molar-refractivity contribution in [3.05, 3.63) is 28.8 Å². The molecule has 2 rings (SSSR count). The molecule has 3 nitrogen and oxygen atoms in total. The van der Waals surface area contributed by atoms with Crippen LogP contribution in [0.5, 0.6) is 5.75 Å². The van der Waals surface area contributed by atoms with E-state index in [1.165, 1.54) is 16.7 Å². The molecule has 1 aliphatic rings. The fraction of sp³-hybridized carbons (Fsp3) is 0.647. The number of methoxy groups -OCH3 is 1. The zero-order valence-electron chi connectivity index (χ0n) is 13.5. The van der Waals surface area contributed by atoms with Crippen molar-refractivity contribution in [1.82, 2.24) is 10.2 Å². The van der Waals surface area contributed by atoms with Gasteiger partial charge >= 0.3 is 0 Å². The topological polar surface area (TPSA) is 24.5 Å². The minimum atomic E-state index is 0.108. The highest BCUT2D eigenvalue weighted by atomic mass is 16.5. The van der Waals surface area contributed by atoms with Crippen molar-refractivity contribution in [2.75, 3.05) is 33.3 Å². The Labute approximate surface area is 123 Å². The maximum absolute atomic E-state index is 5.78. The molecule has 1 heterocycles. The van der Waals surface area contributed by atoms with E-state index in [1.54, 1.807) is 7.11 Å². The summed E-state index contributed by atoms with van der Waals surface area (Å²) in [6.45, 7) is 14.3. The molecule has 1 fully saturated rings. The second-order valence-corrected chi connectivity index (χ2v) is 6.72. The molecule has 1 N–H and O–H groups in total. The average Bonchev–Trinajstić information content (AvgIpc) is 2.40. The third kappa shape index (κ3) is 3.33. The molecule has 0 bridgehead atoms. The Kier molecular flexibility index (Phi) is 4.71. The third-order valence-corrected chi connectivity index (χ3v) is 4.10. The summed E-state index contributed by atoms with van der Waals surface area (Å²) in [5.41, 5.74) is 4.09. The minimum Gasteiger partial charge on any atom is -0.496 e. The van der Waals surface area contributed by atoms with Gasteiger partial charge in [0.05, 0.1) is 7.11 Å². The summed E-state index contributed by atoms with van der Waals surface area (Å²) in [4.78, 5) is 2.51. The van der Waals surface area contributed by atoms with Gasteiger partial charge in [-0.15, -0.1) is 0 Å². The van der Waals surface area contributed by atoms with Crippen LogP contribution in [0.4, 0.5) is 0 Å². The Hall–Kier alpha value is -1.06. The average molecular weight is 276 g/mol. The number of nitrogens with zero attached hydrogens (tertiary/aromatic N) is 1. The highest BCUT2D eigenvalue weighted by molar-refractivity contribution is 5.49. The Morgan fingerprint density at radius 1 is 1.20 bits per heavy atom.